The van der Waals surface area contributed by atoms with E-state index in [1.807, 2.05) is 11.3 Å². The Balaban J connectivity index is 2.13. The van der Waals surface area contributed by atoms with Crippen molar-refractivity contribution in [2.75, 3.05) is 0 Å². The van der Waals surface area contributed by atoms with Gasteiger partial charge >= 0.3 is 0 Å². The van der Waals surface area contributed by atoms with Gasteiger partial charge in [-0.25, -0.2) is 0 Å². The van der Waals surface area contributed by atoms with Crippen molar-refractivity contribution in [1.82, 2.24) is 5.43 Å². The number of hydrogen-bond donors (Lipinski definition) is 2. The van der Waals surface area contributed by atoms with Crippen molar-refractivity contribution in [2.24, 2.45) is 17.2 Å². The van der Waals surface area contributed by atoms with Crippen molar-refractivity contribution < 1.29 is 0 Å². The van der Waals surface area contributed by atoms with Crippen LogP contribution in [0.25, 0.3) is 0 Å². The summed E-state index contributed by atoms with van der Waals surface area (Å²) in [5.41, 5.74) is 3.54. The highest BCUT2D eigenvalue weighted by Crippen LogP contribution is 2.46. The molecule has 1 fully saturated rings. The van der Waals surface area contributed by atoms with Crippen molar-refractivity contribution in [3.8, 4) is 0 Å². The minimum absolute atomic E-state index is 0.402. The number of hydrogen-bond acceptors (Lipinski definition) is 3. The minimum Gasteiger partial charge on any atom is -0.271 e. The van der Waals surface area contributed by atoms with Gasteiger partial charge in [-0.1, -0.05) is 26.7 Å². The predicted octanol–water partition coefficient (Wildman–Crippen LogP) is 4.49. The van der Waals surface area contributed by atoms with Crippen LogP contribution in [0.1, 0.15) is 50.8 Å². The third-order valence-corrected chi connectivity index (χ3v) is 6.10. The molecule has 1 aliphatic rings. The maximum Gasteiger partial charge on any atom is 0.0315 e. The van der Waals surface area contributed by atoms with Crippen LogP contribution in [-0.2, 0) is 6.42 Å². The number of nitrogens with one attached hydrogen (secondary N) is 1. The predicted molar refractivity (Wildman–Crippen MR) is 87.2 cm³/mol. The Kier molecular flexibility index (Phi) is 5.46. The maximum atomic E-state index is 5.91. The molecule has 1 aliphatic carbocycles. The van der Waals surface area contributed by atoms with Crippen molar-refractivity contribution in [3.63, 3.8) is 0 Å². The molecule has 2 nitrogen and oxygen atoms in total. The number of rotatable bonds is 6. The molecular formula is C15H25BrN2S. The van der Waals surface area contributed by atoms with Gasteiger partial charge in [0.1, 0.15) is 0 Å². The number of hydrazine groups is 1. The van der Waals surface area contributed by atoms with Crippen LogP contribution < -0.4 is 11.3 Å². The van der Waals surface area contributed by atoms with Crippen LogP contribution in [0.5, 0.6) is 0 Å². The van der Waals surface area contributed by atoms with Crippen LogP contribution in [0.2, 0.25) is 0 Å². The van der Waals surface area contributed by atoms with Crippen molar-refractivity contribution in [3.05, 3.63) is 20.8 Å². The van der Waals surface area contributed by atoms with Gasteiger partial charge in [-0.3, -0.25) is 11.3 Å². The molecule has 4 heteroatoms. The fraction of sp³-hybridized carbons (Fsp3) is 0.733. The summed E-state index contributed by atoms with van der Waals surface area (Å²) in [7, 11) is 0. The molecule has 1 aromatic rings. The molecule has 0 spiro atoms. The van der Waals surface area contributed by atoms with E-state index in [1.54, 1.807) is 0 Å². The molecule has 1 aromatic heterocycles. The van der Waals surface area contributed by atoms with Crippen LogP contribution in [0.15, 0.2) is 15.9 Å². The Morgan fingerprint density at radius 3 is 2.58 bits per heavy atom. The number of halogens is 1. The van der Waals surface area contributed by atoms with E-state index in [0.717, 1.165) is 12.3 Å². The Morgan fingerprint density at radius 1 is 1.42 bits per heavy atom. The van der Waals surface area contributed by atoms with E-state index in [2.05, 4.69) is 46.6 Å². The van der Waals surface area contributed by atoms with Gasteiger partial charge in [0.15, 0.2) is 0 Å². The summed E-state index contributed by atoms with van der Waals surface area (Å²) < 4.78 is 1.19. The summed E-state index contributed by atoms with van der Waals surface area (Å²) in [6, 6.07) is 2.63. The van der Waals surface area contributed by atoms with Crippen LogP contribution in [0, 0.1) is 11.3 Å². The number of thiophene rings is 1. The summed E-state index contributed by atoms with van der Waals surface area (Å²) in [6.45, 7) is 4.66. The first kappa shape index (κ1) is 15.5. The highest BCUT2D eigenvalue weighted by Gasteiger charge is 2.41. The molecule has 1 unspecified atom stereocenters. The smallest absolute Gasteiger partial charge is 0.0315 e. The third-order valence-electron chi connectivity index (χ3n) is 4.38. The summed E-state index contributed by atoms with van der Waals surface area (Å²) in [4.78, 5) is 1.42. The largest absolute Gasteiger partial charge is 0.271 e. The van der Waals surface area contributed by atoms with Gasteiger partial charge in [0.25, 0.3) is 0 Å². The molecule has 0 amide bonds. The average molecular weight is 345 g/mol. The van der Waals surface area contributed by atoms with Crippen molar-refractivity contribution in [2.45, 2.75) is 58.4 Å². The lowest BCUT2D eigenvalue weighted by molar-refractivity contribution is 0.155. The minimum atomic E-state index is 0.402. The molecule has 19 heavy (non-hydrogen) atoms. The molecule has 2 rings (SSSR count). The molecule has 3 N–H and O–H groups in total. The monoisotopic (exact) mass is 344 g/mol. The summed E-state index contributed by atoms with van der Waals surface area (Å²) in [6.07, 6.45) is 7.71. The molecule has 1 heterocycles. The first-order valence-corrected chi connectivity index (χ1v) is 8.92. The molecule has 0 saturated heterocycles. The summed E-state index contributed by atoms with van der Waals surface area (Å²) in [5.74, 6) is 6.65. The molecule has 1 atom stereocenters. The molecule has 0 bridgehead atoms. The molecule has 108 valence electrons. The lowest BCUT2D eigenvalue weighted by Crippen LogP contribution is -2.49. The SMILES string of the molecule is CC(C)CC1(C(Cc2cc(Br)cs2)NN)CCCC1. The van der Waals surface area contributed by atoms with Crippen LogP contribution in [0.3, 0.4) is 0 Å². The topological polar surface area (TPSA) is 38.0 Å². The maximum absolute atomic E-state index is 5.91. The van der Waals surface area contributed by atoms with Gasteiger partial charge in [0.2, 0.25) is 0 Å². The van der Waals surface area contributed by atoms with Crippen molar-refractivity contribution in [1.29, 1.82) is 0 Å². The average Bonchev–Trinajstić information content (AvgIpc) is 2.95. The van der Waals surface area contributed by atoms with Gasteiger partial charge in [0, 0.05) is 20.8 Å². The molecule has 0 radical (unpaired) electrons. The molecule has 0 aromatic carbocycles. The molecule has 0 aliphatic heterocycles. The van der Waals surface area contributed by atoms with Gasteiger partial charge in [0.05, 0.1) is 0 Å². The lowest BCUT2D eigenvalue weighted by Gasteiger charge is -2.38. The van der Waals surface area contributed by atoms with E-state index in [9.17, 15) is 0 Å². The Labute approximate surface area is 129 Å². The zero-order valence-electron chi connectivity index (χ0n) is 11.9. The van der Waals surface area contributed by atoms with Gasteiger partial charge in [-0.2, -0.15) is 0 Å². The van der Waals surface area contributed by atoms with Crippen LogP contribution in [-0.4, -0.2) is 6.04 Å². The zero-order chi connectivity index (χ0) is 13.9. The molecular weight excluding hydrogens is 320 g/mol. The Morgan fingerprint density at radius 2 is 2.11 bits per heavy atom. The number of nitrogens with two attached hydrogens (primary N) is 1. The summed E-state index contributed by atoms with van der Waals surface area (Å²) in [5, 5.41) is 2.16. The standard InChI is InChI=1S/C15H25BrN2S/c1-11(2)9-15(5-3-4-6-15)14(18-17)8-13-7-12(16)10-19-13/h7,10-11,14,18H,3-6,8-9,17H2,1-2H3. The van der Waals surface area contributed by atoms with E-state index >= 15 is 0 Å². The second kappa shape index (κ2) is 6.70. The Bertz CT molecular complexity index is 397. The molecule has 1 saturated carbocycles. The van der Waals surface area contributed by atoms with Crippen LogP contribution >= 0.6 is 27.3 Å². The normalized spacial score (nSPS) is 20.1. The summed E-state index contributed by atoms with van der Waals surface area (Å²) >= 11 is 5.37. The third kappa shape index (κ3) is 3.81. The van der Waals surface area contributed by atoms with E-state index in [1.165, 1.54) is 41.5 Å². The zero-order valence-corrected chi connectivity index (χ0v) is 14.3. The van der Waals surface area contributed by atoms with Crippen LogP contribution in [0.4, 0.5) is 0 Å². The van der Waals surface area contributed by atoms with E-state index < -0.39 is 0 Å². The van der Waals surface area contributed by atoms with Gasteiger partial charge in [-0.15, -0.1) is 11.3 Å². The van der Waals surface area contributed by atoms with Gasteiger partial charge < -0.3 is 0 Å². The quantitative estimate of drug-likeness (QED) is 0.589. The van der Waals surface area contributed by atoms with E-state index in [-0.39, 0.29) is 0 Å². The fourth-order valence-corrected chi connectivity index (χ4v) is 5.20. The first-order valence-electron chi connectivity index (χ1n) is 7.25. The fourth-order valence-electron chi connectivity index (χ4n) is 3.70. The second-order valence-corrected chi connectivity index (χ2v) is 8.23. The second-order valence-electron chi connectivity index (χ2n) is 6.32. The highest BCUT2D eigenvalue weighted by atomic mass is 79.9. The van der Waals surface area contributed by atoms with Gasteiger partial charge in [-0.05, 0) is 59.0 Å². The first-order chi connectivity index (χ1) is 9.05. The lowest BCUT2D eigenvalue weighted by atomic mass is 9.71. The Hall–Kier alpha value is 0.1000. The highest BCUT2D eigenvalue weighted by molar-refractivity contribution is 9.10. The van der Waals surface area contributed by atoms with E-state index in [0.29, 0.717) is 11.5 Å². The van der Waals surface area contributed by atoms with E-state index in [4.69, 9.17) is 5.84 Å². The van der Waals surface area contributed by atoms with Crippen molar-refractivity contribution >= 4 is 27.3 Å².